The molecule has 1 heterocycles. The summed E-state index contributed by atoms with van der Waals surface area (Å²) in [4.78, 5) is 14.1. The first-order chi connectivity index (χ1) is 10.7. The number of nitrogens with one attached hydrogen (secondary N) is 1. The number of ether oxygens (including phenoxy) is 1. The third-order valence-electron chi connectivity index (χ3n) is 3.77. The highest BCUT2D eigenvalue weighted by Crippen LogP contribution is 2.22. The zero-order valence-corrected chi connectivity index (χ0v) is 14.8. The number of benzene rings is 1. The molecule has 1 aliphatic heterocycles. The first-order valence-electron chi connectivity index (χ1n) is 7.99. The van der Waals surface area contributed by atoms with Crippen molar-refractivity contribution in [2.45, 2.75) is 51.8 Å². The fraction of sp³-hybridized carbons (Fsp3) is 0.588. The van der Waals surface area contributed by atoms with Gasteiger partial charge in [0.2, 0.25) is 0 Å². The van der Waals surface area contributed by atoms with Gasteiger partial charge in [0, 0.05) is 36.4 Å². The number of carbonyl (C=O) groups is 1. The SMILES string of the molecule is CC(C)(C)OC(=O)NC1CCN(Cc2cc(N)ccc2Cl)CC1. The summed E-state index contributed by atoms with van der Waals surface area (Å²) >= 11 is 6.22. The number of alkyl carbamates (subject to hydrolysis) is 1. The fourth-order valence-electron chi connectivity index (χ4n) is 2.67. The highest BCUT2D eigenvalue weighted by molar-refractivity contribution is 6.31. The number of hydrogen-bond donors (Lipinski definition) is 2. The van der Waals surface area contributed by atoms with Crippen LogP contribution in [0.4, 0.5) is 10.5 Å². The molecule has 0 saturated carbocycles. The summed E-state index contributed by atoms with van der Waals surface area (Å²) in [5.74, 6) is 0. The second-order valence-electron chi connectivity index (χ2n) is 7.05. The number of piperidine rings is 1. The second-order valence-corrected chi connectivity index (χ2v) is 7.45. The van der Waals surface area contributed by atoms with Gasteiger partial charge in [-0.1, -0.05) is 11.6 Å². The molecule has 23 heavy (non-hydrogen) atoms. The van der Waals surface area contributed by atoms with Crippen molar-refractivity contribution < 1.29 is 9.53 Å². The summed E-state index contributed by atoms with van der Waals surface area (Å²) in [6.45, 7) is 8.19. The lowest BCUT2D eigenvalue weighted by atomic mass is 10.0. The van der Waals surface area contributed by atoms with E-state index in [9.17, 15) is 4.79 Å². The van der Waals surface area contributed by atoms with E-state index < -0.39 is 5.60 Å². The minimum Gasteiger partial charge on any atom is -0.444 e. The van der Waals surface area contributed by atoms with E-state index in [1.807, 2.05) is 39.0 Å². The molecule has 0 spiro atoms. The Hall–Kier alpha value is -1.46. The van der Waals surface area contributed by atoms with Gasteiger partial charge in [0.1, 0.15) is 5.60 Å². The predicted octanol–water partition coefficient (Wildman–Crippen LogP) is 3.41. The maximum atomic E-state index is 11.8. The molecule has 1 fully saturated rings. The van der Waals surface area contributed by atoms with E-state index in [2.05, 4.69) is 10.2 Å². The third kappa shape index (κ3) is 5.92. The summed E-state index contributed by atoms with van der Waals surface area (Å²) in [5.41, 5.74) is 7.13. The molecule has 1 aliphatic rings. The van der Waals surface area contributed by atoms with Crippen LogP contribution in [-0.4, -0.2) is 35.7 Å². The third-order valence-corrected chi connectivity index (χ3v) is 4.14. The average Bonchev–Trinajstić information content (AvgIpc) is 2.43. The van der Waals surface area contributed by atoms with Gasteiger partial charge in [-0.2, -0.15) is 0 Å². The van der Waals surface area contributed by atoms with Crippen molar-refractivity contribution in [3.05, 3.63) is 28.8 Å². The number of nitrogens with zero attached hydrogens (tertiary/aromatic N) is 1. The predicted molar refractivity (Wildman–Crippen MR) is 93.5 cm³/mol. The molecule has 0 atom stereocenters. The molecule has 3 N–H and O–H groups in total. The van der Waals surface area contributed by atoms with Gasteiger partial charge in [-0.15, -0.1) is 0 Å². The number of halogens is 1. The van der Waals surface area contributed by atoms with Crippen LogP contribution in [0.3, 0.4) is 0 Å². The number of rotatable bonds is 3. The van der Waals surface area contributed by atoms with E-state index in [0.717, 1.165) is 48.7 Å². The van der Waals surface area contributed by atoms with Crippen LogP contribution >= 0.6 is 11.6 Å². The normalized spacial score (nSPS) is 17.0. The van der Waals surface area contributed by atoms with Gasteiger partial charge < -0.3 is 15.8 Å². The van der Waals surface area contributed by atoms with Gasteiger partial charge in [0.05, 0.1) is 0 Å². The van der Waals surface area contributed by atoms with Crippen LogP contribution in [0.1, 0.15) is 39.2 Å². The Labute approximate surface area is 143 Å². The lowest BCUT2D eigenvalue weighted by molar-refractivity contribution is 0.0477. The largest absolute Gasteiger partial charge is 0.444 e. The molecule has 0 unspecified atom stereocenters. The van der Waals surface area contributed by atoms with Crippen molar-refractivity contribution in [2.75, 3.05) is 18.8 Å². The molecular formula is C17H26ClN3O2. The molecule has 0 radical (unpaired) electrons. The van der Waals surface area contributed by atoms with Crippen molar-refractivity contribution in [2.24, 2.45) is 0 Å². The molecule has 5 nitrogen and oxygen atoms in total. The van der Waals surface area contributed by atoms with Crippen molar-refractivity contribution in [1.82, 2.24) is 10.2 Å². The summed E-state index contributed by atoms with van der Waals surface area (Å²) in [6.07, 6.45) is 1.47. The molecule has 2 rings (SSSR count). The standard InChI is InChI=1S/C17H26ClN3O2/c1-17(2,3)23-16(22)20-14-6-8-21(9-7-14)11-12-10-13(19)4-5-15(12)18/h4-5,10,14H,6-9,11,19H2,1-3H3,(H,20,22). The van der Waals surface area contributed by atoms with Crippen LogP contribution in [0.2, 0.25) is 5.02 Å². The molecule has 6 heteroatoms. The Balaban J connectivity index is 1.80. The number of carbonyl (C=O) groups excluding carboxylic acids is 1. The zero-order valence-electron chi connectivity index (χ0n) is 14.1. The van der Waals surface area contributed by atoms with Crippen LogP contribution in [0.5, 0.6) is 0 Å². The summed E-state index contributed by atoms with van der Waals surface area (Å²) in [5, 5.41) is 3.69. The Morgan fingerprint density at radius 3 is 2.65 bits per heavy atom. The van der Waals surface area contributed by atoms with E-state index in [1.54, 1.807) is 0 Å². The van der Waals surface area contributed by atoms with Crippen LogP contribution < -0.4 is 11.1 Å². The van der Waals surface area contributed by atoms with Gasteiger partial charge in [-0.3, -0.25) is 4.90 Å². The van der Waals surface area contributed by atoms with Gasteiger partial charge >= 0.3 is 6.09 Å². The Bertz CT molecular complexity index is 549. The highest BCUT2D eigenvalue weighted by Gasteiger charge is 2.23. The molecule has 1 amide bonds. The highest BCUT2D eigenvalue weighted by atomic mass is 35.5. The molecule has 1 saturated heterocycles. The Morgan fingerprint density at radius 2 is 2.04 bits per heavy atom. The number of hydrogen-bond acceptors (Lipinski definition) is 4. The number of nitrogens with two attached hydrogens (primary N) is 1. The van der Waals surface area contributed by atoms with Gasteiger partial charge in [-0.05, 0) is 57.4 Å². The van der Waals surface area contributed by atoms with E-state index >= 15 is 0 Å². The summed E-state index contributed by atoms with van der Waals surface area (Å²) < 4.78 is 5.30. The first kappa shape index (κ1) is 17.9. The second kappa shape index (κ2) is 7.41. The van der Waals surface area contributed by atoms with Gasteiger partial charge in [0.25, 0.3) is 0 Å². The molecule has 0 aliphatic carbocycles. The monoisotopic (exact) mass is 339 g/mol. The Kier molecular flexibility index (Phi) is 5.76. The lowest BCUT2D eigenvalue weighted by Gasteiger charge is -2.33. The van der Waals surface area contributed by atoms with Crippen LogP contribution in [0.15, 0.2) is 18.2 Å². The number of anilines is 1. The van der Waals surface area contributed by atoms with Crippen molar-refractivity contribution >= 4 is 23.4 Å². The Morgan fingerprint density at radius 1 is 1.39 bits per heavy atom. The first-order valence-corrected chi connectivity index (χ1v) is 8.36. The molecule has 1 aromatic rings. The van der Waals surface area contributed by atoms with Crippen LogP contribution in [0, 0.1) is 0 Å². The summed E-state index contributed by atoms with van der Waals surface area (Å²) in [7, 11) is 0. The van der Waals surface area contributed by atoms with Crippen LogP contribution in [-0.2, 0) is 11.3 Å². The fourth-order valence-corrected chi connectivity index (χ4v) is 2.84. The van der Waals surface area contributed by atoms with Crippen molar-refractivity contribution in [3.63, 3.8) is 0 Å². The van der Waals surface area contributed by atoms with Gasteiger partial charge in [-0.25, -0.2) is 4.79 Å². The van der Waals surface area contributed by atoms with E-state index in [-0.39, 0.29) is 12.1 Å². The lowest BCUT2D eigenvalue weighted by Crippen LogP contribution is -2.45. The maximum Gasteiger partial charge on any atom is 0.407 e. The van der Waals surface area contributed by atoms with E-state index in [0.29, 0.717) is 0 Å². The topological polar surface area (TPSA) is 67.6 Å². The quantitative estimate of drug-likeness (QED) is 0.828. The molecular weight excluding hydrogens is 314 g/mol. The molecule has 0 bridgehead atoms. The molecule has 0 aromatic heterocycles. The molecule has 1 aromatic carbocycles. The average molecular weight is 340 g/mol. The van der Waals surface area contributed by atoms with Crippen molar-refractivity contribution in [1.29, 1.82) is 0 Å². The number of nitrogen functional groups attached to an aromatic ring is 1. The smallest absolute Gasteiger partial charge is 0.407 e. The number of likely N-dealkylation sites (tertiary alicyclic amines) is 1. The number of amides is 1. The minimum absolute atomic E-state index is 0.164. The van der Waals surface area contributed by atoms with Crippen molar-refractivity contribution in [3.8, 4) is 0 Å². The zero-order chi connectivity index (χ0) is 17.0. The van der Waals surface area contributed by atoms with E-state index in [1.165, 1.54) is 0 Å². The van der Waals surface area contributed by atoms with Gasteiger partial charge in [0.15, 0.2) is 0 Å². The summed E-state index contributed by atoms with van der Waals surface area (Å²) in [6, 6.07) is 5.73. The van der Waals surface area contributed by atoms with E-state index in [4.69, 9.17) is 22.1 Å². The maximum absolute atomic E-state index is 11.8. The molecule has 128 valence electrons. The van der Waals surface area contributed by atoms with Crippen LogP contribution in [0.25, 0.3) is 0 Å². The minimum atomic E-state index is -0.464.